The number of amides is 6. The highest BCUT2D eigenvalue weighted by molar-refractivity contribution is 9.09. The molecule has 2 aromatic rings. The quantitative estimate of drug-likeness (QED) is 0.209. The third kappa shape index (κ3) is 11.0. The fraction of sp³-hybridized carbons (Fsp3) is 0.524. The number of nitrogens with zero attached hydrogens (tertiary/aromatic N) is 3. The Bertz CT molecular complexity index is 1980. The van der Waals surface area contributed by atoms with Crippen LogP contribution < -0.4 is 16.0 Å². The zero-order valence-electron chi connectivity index (χ0n) is 33.8. The minimum absolute atomic E-state index is 0. The van der Waals surface area contributed by atoms with E-state index in [0.717, 1.165) is 63.0 Å². The summed E-state index contributed by atoms with van der Waals surface area (Å²) in [6, 6.07) is 10.9. The molecule has 16 nitrogen and oxygen atoms in total. The SMILES string of the molecule is COC(=O)CBr.COC(=O)CN1CCC(c2ccc3c(c2)CN(C2CCC(=O)NC2=O)C3=O)CC1.Cl.O=C1CCC(N2Cc3cc(C4CCNCC4)ccc3C2=O)C(=O)N1. The van der Waals surface area contributed by atoms with Crippen molar-refractivity contribution in [3.8, 4) is 0 Å². The van der Waals surface area contributed by atoms with E-state index in [1.165, 1.54) is 25.3 Å². The summed E-state index contributed by atoms with van der Waals surface area (Å²) in [5.41, 5.74) is 5.75. The van der Waals surface area contributed by atoms with E-state index in [-0.39, 0.29) is 78.0 Å². The first kappa shape index (κ1) is 46.4. The van der Waals surface area contributed by atoms with Crippen LogP contribution in [0.1, 0.15) is 106 Å². The Balaban J connectivity index is 0.000000200. The molecule has 4 fully saturated rings. The lowest BCUT2D eigenvalue weighted by Gasteiger charge is -2.31. The van der Waals surface area contributed by atoms with Gasteiger partial charge in [-0.15, -0.1) is 12.4 Å². The van der Waals surface area contributed by atoms with Crippen LogP contribution in [0.5, 0.6) is 0 Å². The first-order chi connectivity index (χ1) is 28.4. The fourth-order valence-corrected chi connectivity index (χ4v) is 8.81. The van der Waals surface area contributed by atoms with Crippen molar-refractivity contribution in [2.75, 3.05) is 52.3 Å². The standard InChI is InChI=1S/C21H25N3O5.C18H21N3O3.C3H5BrO2.ClH/c1-29-19(26)12-23-8-6-13(7-9-23)14-2-3-16-15(10-14)11-24(21(16)28)17-4-5-18(25)22-20(17)27;22-16-4-3-15(17(23)20-16)21-10-13-9-12(1-2-14(13)18(21)24)11-5-7-19-8-6-11;1-6-3(5)2-4;/h2-3,10,13,17H,4-9,11-12H2,1H3,(H,22,25,27);1-2,9,11,15,19H,3-8,10H2,(H,20,22,23);2H2,1H3;1H. The van der Waals surface area contributed by atoms with E-state index in [9.17, 15) is 38.4 Å². The Morgan fingerprint density at radius 2 is 1.12 bits per heavy atom. The second-order valence-corrected chi connectivity index (χ2v) is 16.1. The van der Waals surface area contributed by atoms with Crippen LogP contribution >= 0.6 is 28.3 Å². The van der Waals surface area contributed by atoms with Crippen LogP contribution in [-0.2, 0) is 51.3 Å². The number of hydrogen-bond donors (Lipinski definition) is 3. The van der Waals surface area contributed by atoms with Gasteiger partial charge in [0.1, 0.15) is 17.4 Å². The van der Waals surface area contributed by atoms with Gasteiger partial charge in [0.15, 0.2) is 0 Å². The first-order valence-electron chi connectivity index (χ1n) is 20.1. The summed E-state index contributed by atoms with van der Waals surface area (Å²) in [6.45, 7) is 4.90. The van der Waals surface area contributed by atoms with Crippen LogP contribution in [0, 0.1) is 0 Å². The van der Waals surface area contributed by atoms with Crippen LogP contribution in [-0.4, -0.2) is 126 Å². The Morgan fingerprint density at radius 1 is 0.667 bits per heavy atom. The highest BCUT2D eigenvalue weighted by Gasteiger charge is 2.41. The van der Waals surface area contributed by atoms with Crippen molar-refractivity contribution in [1.29, 1.82) is 0 Å². The molecule has 2 atom stereocenters. The van der Waals surface area contributed by atoms with Gasteiger partial charge in [0.2, 0.25) is 23.6 Å². The minimum Gasteiger partial charge on any atom is -0.468 e. The molecule has 4 saturated heterocycles. The molecule has 6 aliphatic rings. The van der Waals surface area contributed by atoms with Crippen LogP contribution in [0.2, 0.25) is 0 Å². The molecule has 60 heavy (non-hydrogen) atoms. The van der Waals surface area contributed by atoms with Crippen LogP contribution in [0.4, 0.5) is 0 Å². The fourth-order valence-electron chi connectivity index (χ4n) is 8.58. The number of halogens is 2. The Hall–Kier alpha value is -4.71. The van der Waals surface area contributed by atoms with E-state index >= 15 is 0 Å². The maximum Gasteiger partial charge on any atom is 0.319 e. The van der Waals surface area contributed by atoms with Gasteiger partial charge >= 0.3 is 11.9 Å². The molecule has 0 aromatic heterocycles. The molecule has 0 saturated carbocycles. The molecule has 0 aliphatic carbocycles. The number of carbonyl (C=O) groups excluding carboxylic acids is 8. The molecule has 6 heterocycles. The molecule has 2 aromatic carbocycles. The lowest BCUT2D eigenvalue weighted by Crippen LogP contribution is -2.52. The predicted molar refractivity (Wildman–Crippen MR) is 223 cm³/mol. The number of fused-ring (bicyclic) bond motifs is 2. The molecule has 8 rings (SSSR count). The number of imide groups is 2. The number of ether oxygens (including phenoxy) is 2. The van der Waals surface area contributed by atoms with E-state index in [1.54, 1.807) is 9.80 Å². The van der Waals surface area contributed by atoms with Gasteiger partial charge in [-0.2, -0.15) is 0 Å². The molecule has 6 amide bonds. The minimum atomic E-state index is -0.586. The average Bonchev–Trinajstić information content (AvgIpc) is 3.75. The first-order valence-corrected chi connectivity index (χ1v) is 21.2. The summed E-state index contributed by atoms with van der Waals surface area (Å²) < 4.78 is 8.95. The maximum atomic E-state index is 12.8. The van der Waals surface area contributed by atoms with Crippen LogP contribution in [0.25, 0.3) is 0 Å². The number of esters is 2. The van der Waals surface area contributed by atoms with E-state index < -0.39 is 12.1 Å². The van der Waals surface area contributed by atoms with Gasteiger partial charge in [-0.3, -0.25) is 53.9 Å². The summed E-state index contributed by atoms with van der Waals surface area (Å²) in [5.74, 6) is -1.06. The van der Waals surface area contributed by atoms with E-state index in [0.29, 0.717) is 55.4 Å². The second kappa shape index (κ2) is 21.2. The van der Waals surface area contributed by atoms with Gasteiger partial charge in [-0.1, -0.05) is 40.2 Å². The molecular weight excluding hydrogens is 864 g/mol. The number of piperidine rings is 4. The molecule has 0 spiro atoms. The molecule has 3 N–H and O–H groups in total. The summed E-state index contributed by atoms with van der Waals surface area (Å²) in [6.07, 6.45) is 5.44. The van der Waals surface area contributed by atoms with Crippen LogP contribution in [0.3, 0.4) is 0 Å². The number of alkyl halides is 1. The highest BCUT2D eigenvalue weighted by Crippen LogP contribution is 2.35. The molecule has 324 valence electrons. The lowest BCUT2D eigenvalue weighted by atomic mass is 9.88. The van der Waals surface area contributed by atoms with Gasteiger partial charge in [0, 0.05) is 37.1 Å². The van der Waals surface area contributed by atoms with Crippen molar-refractivity contribution in [3.63, 3.8) is 0 Å². The summed E-state index contributed by atoms with van der Waals surface area (Å²) in [5, 5.41) is 8.32. The molecule has 6 aliphatic heterocycles. The Kier molecular flexibility index (Phi) is 16.4. The van der Waals surface area contributed by atoms with Crippen molar-refractivity contribution >= 4 is 75.7 Å². The molecule has 2 unspecified atom stereocenters. The number of nitrogens with one attached hydrogen (secondary N) is 3. The lowest BCUT2D eigenvalue weighted by molar-refractivity contribution is -0.142. The maximum absolute atomic E-state index is 12.8. The van der Waals surface area contributed by atoms with Gasteiger partial charge in [0.05, 0.1) is 20.8 Å². The van der Waals surface area contributed by atoms with Gasteiger partial charge in [0.25, 0.3) is 11.8 Å². The molecule has 18 heteroatoms. The number of methoxy groups -OCH3 is 2. The molecular formula is C42H52BrClN6O10. The van der Waals surface area contributed by atoms with E-state index in [1.807, 2.05) is 18.2 Å². The van der Waals surface area contributed by atoms with Crippen LogP contribution in [0.15, 0.2) is 36.4 Å². The number of rotatable bonds is 7. The van der Waals surface area contributed by atoms with Crippen molar-refractivity contribution in [2.24, 2.45) is 0 Å². The monoisotopic (exact) mass is 914 g/mol. The van der Waals surface area contributed by atoms with Crippen molar-refractivity contribution in [2.45, 2.75) is 88.4 Å². The van der Waals surface area contributed by atoms with Gasteiger partial charge in [-0.05, 0) is 111 Å². The van der Waals surface area contributed by atoms with Crippen molar-refractivity contribution in [1.82, 2.24) is 30.7 Å². The van der Waals surface area contributed by atoms with Crippen molar-refractivity contribution < 1.29 is 47.8 Å². The Labute approximate surface area is 363 Å². The second-order valence-electron chi connectivity index (χ2n) is 15.5. The zero-order valence-corrected chi connectivity index (χ0v) is 36.2. The molecule has 0 bridgehead atoms. The average molecular weight is 916 g/mol. The number of likely N-dealkylation sites (tertiary alicyclic amines) is 1. The van der Waals surface area contributed by atoms with E-state index in [2.05, 4.69) is 59.7 Å². The Morgan fingerprint density at radius 3 is 1.52 bits per heavy atom. The van der Waals surface area contributed by atoms with E-state index in [4.69, 9.17) is 4.74 Å². The molecule has 0 radical (unpaired) electrons. The number of carbonyl (C=O) groups is 8. The highest BCUT2D eigenvalue weighted by atomic mass is 79.9. The summed E-state index contributed by atoms with van der Waals surface area (Å²) in [7, 11) is 2.75. The normalized spacial score (nSPS) is 21.9. The number of hydrogen-bond acceptors (Lipinski definition) is 12. The summed E-state index contributed by atoms with van der Waals surface area (Å²) in [4.78, 5) is 99.0. The third-order valence-electron chi connectivity index (χ3n) is 11.9. The van der Waals surface area contributed by atoms with Crippen molar-refractivity contribution in [3.05, 3.63) is 69.8 Å². The topological polar surface area (TPSA) is 201 Å². The largest absolute Gasteiger partial charge is 0.468 e. The van der Waals surface area contributed by atoms with Gasteiger partial charge in [-0.25, -0.2) is 0 Å². The number of benzene rings is 2. The zero-order chi connectivity index (χ0) is 42.2. The summed E-state index contributed by atoms with van der Waals surface area (Å²) >= 11 is 2.90. The smallest absolute Gasteiger partial charge is 0.319 e. The predicted octanol–water partition coefficient (Wildman–Crippen LogP) is 2.69. The third-order valence-corrected chi connectivity index (χ3v) is 12.3. The van der Waals surface area contributed by atoms with Gasteiger partial charge < -0.3 is 24.6 Å².